The predicted octanol–water partition coefficient (Wildman–Crippen LogP) is 13.4. The lowest BCUT2D eigenvalue weighted by Gasteiger charge is -2.42. The summed E-state index contributed by atoms with van der Waals surface area (Å²) in [5.74, 6) is -0.702. The van der Waals surface area contributed by atoms with Gasteiger partial charge < -0.3 is 73.4 Å². The lowest BCUT2D eigenvalue weighted by molar-refractivity contribution is -0.198. The molecule has 0 bridgehead atoms. The number of hydrogen-bond acceptors (Lipinski definition) is 23. The Balaban J connectivity index is 0.000000197. The normalized spacial score (nSPS) is 16.8. The van der Waals surface area contributed by atoms with E-state index < -0.39 is 36.5 Å². The molecule has 9 heterocycles. The third-order valence-corrected chi connectivity index (χ3v) is 21.8. The molecule has 2 unspecified atom stereocenters. The zero-order valence-corrected chi connectivity index (χ0v) is 66.3. The van der Waals surface area contributed by atoms with E-state index >= 15 is 0 Å². The third kappa shape index (κ3) is 19.2. The number of ether oxygens (including phenoxy) is 7. The fourth-order valence-corrected chi connectivity index (χ4v) is 15.9. The highest BCUT2D eigenvalue weighted by atomic mass is 32.1. The molecule has 3 fully saturated rings. The van der Waals surface area contributed by atoms with Gasteiger partial charge >= 0.3 is 6.09 Å². The quantitative estimate of drug-likeness (QED) is 0.0217. The molecule has 606 valence electrons. The predicted molar refractivity (Wildman–Crippen MR) is 441 cm³/mol. The smallest absolute Gasteiger partial charge is 0.416 e. The van der Waals surface area contributed by atoms with Gasteiger partial charge in [0.15, 0.2) is 57.4 Å². The van der Waals surface area contributed by atoms with Gasteiger partial charge in [-0.25, -0.2) is 29.6 Å². The number of para-hydroxylation sites is 2. The van der Waals surface area contributed by atoms with Crippen LogP contribution in [-0.2, 0) is 37.9 Å². The van der Waals surface area contributed by atoms with E-state index in [9.17, 15) is 43.2 Å². The van der Waals surface area contributed by atoms with Crippen LogP contribution in [0.25, 0.3) is 20.4 Å². The number of rotatable bonds is 26. The average Bonchev–Trinajstić information content (AvgIpc) is 1.62. The summed E-state index contributed by atoms with van der Waals surface area (Å²) >= 11 is 2.51. The molecule has 6 N–H and O–H groups in total. The maximum atomic E-state index is 14.3. The molecule has 0 saturated carbocycles. The van der Waals surface area contributed by atoms with Gasteiger partial charge in [-0.3, -0.25) is 54.0 Å². The number of nitrogens with zero attached hydrogens (tertiary/aromatic N) is 10. The van der Waals surface area contributed by atoms with Crippen LogP contribution < -0.4 is 55.7 Å². The molecule has 117 heavy (non-hydrogen) atoms. The average molecular weight is 1630 g/mol. The molecular weight excluding hydrogens is 1540 g/mol. The molecule has 9 amide bonds. The highest BCUT2D eigenvalue weighted by Gasteiger charge is 2.47. The number of carbonyl (C=O) groups is 9. The summed E-state index contributed by atoms with van der Waals surface area (Å²) in [4.78, 5) is 147. The maximum Gasteiger partial charge on any atom is 0.416 e. The Morgan fingerprint density at radius 2 is 1.09 bits per heavy atom. The third-order valence-electron chi connectivity index (χ3n) is 19.9. The summed E-state index contributed by atoms with van der Waals surface area (Å²) in [6.45, 7) is 5.64. The van der Waals surface area contributed by atoms with E-state index in [-0.39, 0.29) is 127 Å². The van der Waals surface area contributed by atoms with E-state index in [0.717, 1.165) is 54.3 Å². The minimum Gasteiger partial charge on any atom is -0.493 e. The van der Waals surface area contributed by atoms with Crippen LogP contribution in [-0.4, -0.2) is 177 Å². The molecule has 34 heteroatoms. The van der Waals surface area contributed by atoms with Crippen molar-refractivity contribution in [3.05, 3.63) is 180 Å². The first-order chi connectivity index (χ1) is 56.8. The SMILES string of the molecule is C=CCOC(=O)N1c2cc(OCCCC(=O)Nc3cn(C)c(C(=O)Nc4nc5cc(C(=O)Nc6ccccc6)ccc5s4)n3)c(OC)cc2C(=O)N2CCCC[C@H]2C1OC1CCCCO1.COc1cc2c(cc1OCCCC(=O)Nc1cn(C)c(C(=O)Nc3nc4cc(C(=O)Nc5ccccc5)ccc4s3)n1)N=C[C@@H]1CCCCN1C2=O. The highest BCUT2D eigenvalue weighted by Crippen LogP contribution is 2.44. The number of methoxy groups -OCH3 is 2. The number of anilines is 7. The second-order valence-corrected chi connectivity index (χ2v) is 30.1. The first-order valence-corrected chi connectivity index (χ1v) is 40.0. The Labute approximate surface area is 679 Å². The van der Waals surface area contributed by atoms with Crippen LogP contribution in [0, 0.1) is 0 Å². The van der Waals surface area contributed by atoms with Gasteiger partial charge in [-0.05, 0) is 143 Å². The number of aromatic nitrogens is 6. The summed E-state index contributed by atoms with van der Waals surface area (Å²) in [7, 11) is 6.26. The van der Waals surface area contributed by atoms with Crippen LogP contribution >= 0.6 is 22.7 Å². The van der Waals surface area contributed by atoms with Crippen molar-refractivity contribution in [2.75, 3.05) is 90.5 Å². The van der Waals surface area contributed by atoms with Crippen LogP contribution in [0.3, 0.4) is 0 Å². The molecule has 0 aliphatic carbocycles. The molecule has 15 rings (SSSR count). The number of piperidine rings is 2. The number of hydrogen-bond donors (Lipinski definition) is 6. The first kappa shape index (κ1) is 80.7. The number of aryl methyl sites for hydroxylation is 2. The number of amides is 9. The van der Waals surface area contributed by atoms with Gasteiger partial charge in [-0.15, -0.1) is 0 Å². The molecule has 4 atom stereocenters. The fourth-order valence-electron chi connectivity index (χ4n) is 14.2. The van der Waals surface area contributed by atoms with Crippen molar-refractivity contribution in [2.24, 2.45) is 19.1 Å². The van der Waals surface area contributed by atoms with Crippen molar-refractivity contribution in [1.82, 2.24) is 38.9 Å². The molecule has 4 aromatic heterocycles. The van der Waals surface area contributed by atoms with Gasteiger partial charge in [0.25, 0.3) is 35.4 Å². The van der Waals surface area contributed by atoms with Crippen molar-refractivity contribution in [3.8, 4) is 23.0 Å². The first-order valence-electron chi connectivity index (χ1n) is 38.4. The minimum absolute atomic E-state index is 0.0118. The fraction of sp³-hybridized carbons (Fsp3) is 0.325. The van der Waals surface area contributed by atoms with Gasteiger partial charge in [-0.1, -0.05) is 71.7 Å². The van der Waals surface area contributed by atoms with Crippen molar-refractivity contribution in [1.29, 1.82) is 0 Å². The van der Waals surface area contributed by atoms with Crippen molar-refractivity contribution < 1.29 is 76.3 Å². The highest BCUT2D eigenvalue weighted by molar-refractivity contribution is 7.22. The van der Waals surface area contributed by atoms with Crippen LogP contribution in [0.1, 0.15) is 146 Å². The number of fused-ring (bicyclic) bond motifs is 6. The second kappa shape index (κ2) is 37.1. The zero-order valence-electron chi connectivity index (χ0n) is 64.6. The Morgan fingerprint density at radius 3 is 1.64 bits per heavy atom. The Hall–Kier alpha value is -12.9. The Kier molecular flexibility index (Phi) is 25.6. The number of aliphatic imine (C=N–C) groups is 1. The number of thiazole rings is 2. The van der Waals surface area contributed by atoms with Crippen LogP contribution in [0.2, 0.25) is 0 Å². The van der Waals surface area contributed by atoms with E-state index in [2.05, 4.69) is 63.4 Å². The van der Waals surface area contributed by atoms with Crippen LogP contribution in [0.15, 0.2) is 151 Å². The number of imidazole rings is 2. The summed E-state index contributed by atoms with van der Waals surface area (Å²) < 4.78 is 46.0. The number of benzene rings is 6. The molecular formula is C83H86N16O16S2. The van der Waals surface area contributed by atoms with Crippen molar-refractivity contribution >= 4 is 147 Å². The van der Waals surface area contributed by atoms with E-state index in [0.29, 0.717) is 106 Å². The van der Waals surface area contributed by atoms with E-state index in [1.165, 1.54) is 63.2 Å². The van der Waals surface area contributed by atoms with Gasteiger partial charge in [0, 0.05) is 99.9 Å². The zero-order chi connectivity index (χ0) is 81.6. The van der Waals surface area contributed by atoms with Gasteiger partial charge in [0.05, 0.1) is 82.5 Å². The van der Waals surface area contributed by atoms with Crippen molar-refractivity contribution in [2.45, 2.75) is 108 Å². The maximum absolute atomic E-state index is 14.3. The topological polar surface area (TPSA) is 374 Å². The number of carbonyl (C=O) groups excluding carboxylic acids is 9. The van der Waals surface area contributed by atoms with Crippen molar-refractivity contribution in [3.63, 3.8) is 0 Å². The molecule has 3 saturated heterocycles. The van der Waals surface area contributed by atoms with E-state index in [1.54, 1.807) is 110 Å². The largest absolute Gasteiger partial charge is 0.493 e. The summed E-state index contributed by atoms with van der Waals surface area (Å²) in [6.07, 6.45) is 12.7. The molecule has 10 aromatic rings. The minimum atomic E-state index is -0.911. The van der Waals surface area contributed by atoms with Gasteiger partial charge in [0.2, 0.25) is 23.5 Å². The second-order valence-electron chi connectivity index (χ2n) is 28.1. The van der Waals surface area contributed by atoms with E-state index in [4.69, 9.17) is 33.2 Å². The van der Waals surface area contributed by atoms with E-state index in [1.807, 2.05) is 47.5 Å². The molecule has 0 spiro atoms. The summed E-state index contributed by atoms with van der Waals surface area (Å²) in [5.41, 5.74) is 4.80. The Morgan fingerprint density at radius 1 is 0.564 bits per heavy atom. The molecule has 6 aromatic carbocycles. The summed E-state index contributed by atoms with van der Waals surface area (Å²) in [5, 5.41) is 17.4. The molecule has 5 aliphatic heterocycles. The van der Waals surface area contributed by atoms with Gasteiger partial charge in [-0.2, -0.15) is 0 Å². The Bertz CT molecular complexity index is 5430. The monoisotopic (exact) mass is 1630 g/mol. The standard InChI is InChI=1S/C46H50N8O10S.C37H36N8O6S/c1-4-21-63-46(59)54-33-26-35(34(60-3)25-30(33)43(58)53-20-10-8-15-32(53)44(54)64-39-17-9-11-22-62-39)61-23-12-16-38(55)49-37-27-52(2)40(50-37)42(57)51-45-48-31-24-28(18-19-36(31)65-45)41(56)47-29-13-6-5-7-14-29;1-44-21-31(42-33(44)35(48)43-37-40-27-17-22(13-14-30(27)52-37)34(47)39-23-9-4-3-5-10-23)41-32(46)12-8-16-51-29-19-26-25(18-28(29)50-2)36(49)45-15-7-6-11-24(45)20-38-26/h4-7,13-14,18-19,24-27,32,39,44H,1,8-12,15-17,20-23H2,2-3H3,(H,47,56)(H,49,55)(H,48,51,57);3-5,9-10,13-14,17-21,24H,6-8,11-12,15-16H2,1-2H3,(H,39,47)(H,41,46)(H,40,43,48)/t32-,39?,44?;24-/m00/s1. The number of nitrogens with one attached hydrogen (secondary N) is 6. The molecule has 0 radical (unpaired) electrons. The van der Waals surface area contributed by atoms with Crippen LogP contribution in [0.5, 0.6) is 23.0 Å². The van der Waals surface area contributed by atoms with Crippen LogP contribution in [0.4, 0.5) is 49.4 Å². The molecule has 32 nitrogen and oxygen atoms in total. The van der Waals surface area contributed by atoms with Gasteiger partial charge in [0.1, 0.15) is 6.61 Å². The lowest BCUT2D eigenvalue weighted by atomic mass is 10.00. The molecule has 5 aliphatic rings. The lowest BCUT2D eigenvalue weighted by Crippen LogP contribution is -2.57. The summed E-state index contributed by atoms with van der Waals surface area (Å²) in [6, 6.07) is 34.6.